The Morgan fingerprint density at radius 3 is 2.13 bits per heavy atom. The van der Waals surface area contributed by atoms with Crippen LogP contribution >= 0.6 is 0 Å². The van der Waals surface area contributed by atoms with Crippen molar-refractivity contribution in [3.8, 4) is 5.75 Å². The van der Waals surface area contributed by atoms with Gasteiger partial charge in [-0.1, -0.05) is 27.7 Å². The first kappa shape index (κ1) is 19.0. The zero-order valence-corrected chi connectivity index (χ0v) is 14.6. The van der Waals surface area contributed by atoms with Gasteiger partial charge in [-0.3, -0.25) is 4.79 Å². The van der Waals surface area contributed by atoms with Crippen molar-refractivity contribution in [2.24, 2.45) is 11.8 Å². The molecule has 1 aromatic carbocycles. The summed E-state index contributed by atoms with van der Waals surface area (Å²) in [5.41, 5.74) is 0.394. The zero-order chi connectivity index (χ0) is 17.4. The van der Waals surface area contributed by atoms with Crippen LogP contribution in [0.3, 0.4) is 0 Å². The van der Waals surface area contributed by atoms with Gasteiger partial charge in [-0.2, -0.15) is 0 Å². The molecule has 1 aromatic rings. The van der Waals surface area contributed by atoms with Crippen LogP contribution < -0.4 is 10.1 Å². The molecule has 5 nitrogen and oxygen atoms in total. The van der Waals surface area contributed by atoms with Crippen LogP contribution in [0.25, 0.3) is 0 Å². The van der Waals surface area contributed by atoms with Crippen molar-refractivity contribution in [3.63, 3.8) is 0 Å². The van der Waals surface area contributed by atoms with Crippen LogP contribution in [0.1, 0.15) is 45.0 Å². The van der Waals surface area contributed by atoms with E-state index in [1.54, 1.807) is 31.2 Å². The number of nitrogens with one attached hydrogen (secondary N) is 1. The fraction of sp³-hybridized carbons (Fsp3) is 0.556. The molecule has 0 aromatic heterocycles. The molecule has 1 amide bonds. The minimum absolute atomic E-state index is 0.288. The summed E-state index contributed by atoms with van der Waals surface area (Å²) in [4.78, 5) is 23.8. The molecule has 128 valence electrons. The van der Waals surface area contributed by atoms with Crippen molar-refractivity contribution >= 4 is 11.9 Å². The van der Waals surface area contributed by atoms with E-state index in [2.05, 4.69) is 19.2 Å². The molecule has 0 unspecified atom stereocenters. The number of hydrogen-bond acceptors (Lipinski definition) is 4. The molecule has 0 saturated heterocycles. The van der Waals surface area contributed by atoms with Gasteiger partial charge >= 0.3 is 5.97 Å². The van der Waals surface area contributed by atoms with E-state index in [0.29, 0.717) is 36.3 Å². The van der Waals surface area contributed by atoms with Crippen LogP contribution in [0.2, 0.25) is 0 Å². The maximum Gasteiger partial charge on any atom is 0.338 e. The second-order valence-corrected chi connectivity index (χ2v) is 6.42. The summed E-state index contributed by atoms with van der Waals surface area (Å²) in [6, 6.07) is 6.72. The highest BCUT2D eigenvalue weighted by atomic mass is 16.5. The van der Waals surface area contributed by atoms with Crippen LogP contribution in [0, 0.1) is 11.8 Å². The standard InChI is InChI=1S/C18H27NO4/c1-12(2)10-19-17(20)14(5)23-18(21)15-6-8-16(9-7-15)22-11-13(3)4/h6-9,12-14H,10-11H2,1-5H3,(H,19,20)/t14-/m1/s1. The maximum atomic E-state index is 12.0. The topological polar surface area (TPSA) is 64.6 Å². The number of ether oxygens (including phenoxy) is 2. The van der Waals surface area contributed by atoms with Crippen LogP contribution in [0.4, 0.5) is 0 Å². The van der Waals surface area contributed by atoms with Gasteiger partial charge < -0.3 is 14.8 Å². The minimum atomic E-state index is -0.821. The molecule has 0 heterocycles. The van der Waals surface area contributed by atoms with Crippen molar-refractivity contribution < 1.29 is 19.1 Å². The van der Waals surface area contributed by atoms with Gasteiger partial charge in [-0.15, -0.1) is 0 Å². The Labute approximate surface area is 138 Å². The number of rotatable bonds is 8. The molecule has 1 rings (SSSR count). The van der Waals surface area contributed by atoms with Crippen molar-refractivity contribution in [2.75, 3.05) is 13.2 Å². The van der Waals surface area contributed by atoms with Gasteiger partial charge in [0.1, 0.15) is 5.75 Å². The highest BCUT2D eigenvalue weighted by molar-refractivity contribution is 5.92. The van der Waals surface area contributed by atoms with Crippen molar-refractivity contribution in [1.82, 2.24) is 5.32 Å². The van der Waals surface area contributed by atoms with E-state index in [-0.39, 0.29) is 5.91 Å². The van der Waals surface area contributed by atoms with E-state index in [1.807, 2.05) is 13.8 Å². The Hall–Kier alpha value is -2.04. The summed E-state index contributed by atoms with van der Waals surface area (Å²) in [7, 11) is 0. The largest absolute Gasteiger partial charge is 0.493 e. The summed E-state index contributed by atoms with van der Waals surface area (Å²) in [6.07, 6.45) is -0.821. The molecule has 1 N–H and O–H groups in total. The summed E-state index contributed by atoms with van der Waals surface area (Å²) >= 11 is 0. The lowest BCUT2D eigenvalue weighted by Gasteiger charge is -2.15. The molecule has 5 heteroatoms. The quantitative estimate of drug-likeness (QED) is 0.748. The second-order valence-electron chi connectivity index (χ2n) is 6.42. The monoisotopic (exact) mass is 321 g/mol. The number of benzene rings is 1. The lowest BCUT2D eigenvalue weighted by Crippen LogP contribution is -2.37. The van der Waals surface area contributed by atoms with E-state index in [0.717, 1.165) is 0 Å². The second kappa shape index (κ2) is 9.18. The smallest absolute Gasteiger partial charge is 0.338 e. The highest BCUT2D eigenvalue weighted by Crippen LogP contribution is 2.14. The lowest BCUT2D eigenvalue weighted by molar-refractivity contribution is -0.129. The van der Waals surface area contributed by atoms with Gasteiger partial charge in [-0.05, 0) is 43.0 Å². The fourth-order valence-corrected chi connectivity index (χ4v) is 1.68. The molecule has 0 radical (unpaired) electrons. The summed E-state index contributed by atoms with van der Waals surface area (Å²) in [6.45, 7) is 10.9. The Morgan fingerprint density at radius 2 is 1.61 bits per heavy atom. The normalized spacial score (nSPS) is 12.1. The van der Waals surface area contributed by atoms with Gasteiger partial charge in [0.25, 0.3) is 5.91 Å². The van der Waals surface area contributed by atoms with Gasteiger partial charge in [0.05, 0.1) is 12.2 Å². The third kappa shape index (κ3) is 7.17. The van der Waals surface area contributed by atoms with Crippen LogP contribution in [0.15, 0.2) is 24.3 Å². The first-order chi connectivity index (χ1) is 10.8. The SMILES string of the molecule is CC(C)CNC(=O)[C@@H](C)OC(=O)c1ccc(OCC(C)C)cc1. The molecule has 0 aliphatic rings. The maximum absolute atomic E-state index is 12.0. The number of amides is 1. The molecule has 0 fully saturated rings. The van der Waals surface area contributed by atoms with Crippen LogP contribution in [-0.2, 0) is 9.53 Å². The minimum Gasteiger partial charge on any atom is -0.493 e. The highest BCUT2D eigenvalue weighted by Gasteiger charge is 2.18. The average Bonchev–Trinajstić information content (AvgIpc) is 2.50. The van der Waals surface area contributed by atoms with Crippen molar-refractivity contribution in [1.29, 1.82) is 0 Å². The third-order valence-electron chi connectivity index (χ3n) is 3.01. The molecule has 23 heavy (non-hydrogen) atoms. The van der Waals surface area contributed by atoms with Gasteiger partial charge in [0.2, 0.25) is 0 Å². The molecule has 0 aliphatic carbocycles. The van der Waals surface area contributed by atoms with E-state index < -0.39 is 12.1 Å². The van der Waals surface area contributed by atoms with E-state index in [4.69, 9.17) is 9.47 Å². The number of carbonyl (C=O) groups excluding carboxylic acids is 2. The van der Waals surface area contributed by atoms with Crippen LogP contribution in [0.5, 0.6) is 5.75 Å². The van der Waals surface area contributed by atoms with E-state index >= 15 is 0 Å². The first-order valence-corrected chi connectivity index (χ1v) is 8.01. The Bertz CT molecular complexity index is 508. The first-order valence-electron chi connectivity index (χ1n) is 8.01. The van der Waals surface area contributed by atoms with Gasteiger partial charge in [-0.25, -0.2) is 4.79 Å². The predicted octanol–water partition coefficient (Wildman–Crippen LogP) is 3.04. The number of hydrogen-bond donors (Lipinski definition) is 1. The number of esters is 1. The van der Waals surface area contributed by atoms with E-state index in [9.17, 15) is 9.59 Å². The molecular weight excluding hydrogens is 294 g/mol. The van der Waals surface area contributed by atoms with Gasteiger partial charge in [0, 0.05) is 6.54 Å². The average molecular weight is 321 g/mol. The Morgan fingerprint density at radius 1 is 1.00 bits per heavy atom. The Kier molecular flexibility index (Phi) is 7.59. The van der Waals surface area contributed by atoms with Crippen molar-refractivity contribution in [3.05, 3.63) is 29.8 Å². The molecule has 1 atom stereocenters. The third-order valence-corrected chi connectivity index (χ3v) is 3.01. The molecule has 0 saturated carbocycles. The molecule has 0 bridgehead atoms. The van der Waals surface area contributed by atoms with E-state index in [1.165, 1.54) is 0 Å². The van der Waals surface area contributed by atoms with Crippen LogP contribution in [-0.4, -0.2) is 31.1 Å². The molecular formula is C18H27NO4. The summed E-state index contributed by atoms with van der Waals surface area (Å²) < 4.78 is 10.7. The molecule has 0 spiro atoms. The Balaban J connectivity index is 2.52. The lowest BCUT2D eigenvalue weighted by atomic mass is 10.2. The van der Waals surface area contributed by atoms with Gasteiger partial charge in [0.15, 0.2) is 6.10 Å². The van der Waals surface area contributed by atoms with Crippen molar-refractivity contribution in [2.45, 2.75) is 40.7 Å². The number of carbonyl (C=O) groups is 2. The fourth-order valence-electron chi connectivity index (χ4n) is 1.68. The summed E-state index contributed by atoms with van der Waals surface area (Å²) in [5.74, 6) is 0.680. The zero-order valence-electron chi connectivity index (χ0n) is 14.6. The predicted molar refractivity (Wildman–Crippen MR) is 89.5 cm³/mol. The summed E-state index contributed by atoms with van der Waals surface area (Å²) in [5, 5.41) is 2.74. The molecule has 0 aliphatic heterocycles.